The molecule has 0 spiro atoms. The van der Waals surface area contributed by atoms with Gasteiger partial charge in [0.25, 0.3) is 5.91 Å². The number of piperidine rings is 1. The number of benzene rings is 1. The summed E-state index contributed by atoms with van der Waals surface area (Å²) in [4.78, 5) is 14.8. The maximum absolute atomic E-state index is 12.8. The van der Waals surface area contributed by atoms with E-state index >= 15 is 0 Å². The molecule has 2 atom stereocenters. The summed E-state index contributed by atoms with van der Waals surface area (Å²) < 4.78 is 27.0. The van der Waals surface area contributed by atoms with Crippen molar-refractivity contribution in [2.75, 3.05) is 13.1 Å². The first-order chi connectivity index (χ1) is 11.7. The van der Waals surface area contributed by atoms with Gasteiger partial charge in [-0.25, -0.2) is 13.1 Å². The van der Waals surface area contributed by atoms with Gasteiger partial charge in [0, 0.05) is 30.7 Å². The Morgan fingerprint density at radius 2 is 1.88 bits per heavy atom. The van der Waals surface area contributed by atoms with E-state index in [1.54, 1.807) is 12.1 Å². The Hall–Kier alpha value is -1.44. The predicted octanol–water partition coefficient (Wildman–Crippen LogP) is 1.96. The number of hydrogen-bond donors (Lipinski definition) is 2. The van der Waals surface area contributed by atoms with E-state index in [2.05, 4.69) is 4.72 Å². The summed E-state index contributed by atoms with van der Waals surface area (Å²) >= 11 is 0. The summed E-state index contributed by atoms with van der Waals surface area (Å²) in [5.41, 5.74) is 6.53. The van der Waals surface area contributed by atoms with E-state index in [1.165, 1.54) is 12.1 Å². The van der Waals surface area contributed by atoms with E-state index in [0.29, 0.717) is 18.7 Å². The van der Waals surface area contributed by atoms with Crippen molar-refractivity contribution in [3.8, 4) is 0 Å². The zero-order valence-electron chi connectivity index (χ0n) is 15.2. The molecule has 1 heterocycles. The molecule has 2 rings (SSSR count). The smallest absolute Gasteiger partial charge is 0.254 e. The molecule has 0 aromatic heterocycles. The van der Waals surface area contributed by atoms with Crippen LogP contribution < -0.4 is 10.5 Å². The van der Waals surface area contributed by atoms with E-state index in [1.807, 2.05) is 25.7 Å². The largest absolute Gasteiger partial charge is 0.334 e. The van der Waals surface area contributed by atoms with Crippen LogP contribution in [0, 0.1) is 5.92 Å². The molecule has 1 aromatic carbocycles. The zero-order valence-corrected chi connectivity index (χ0v) is 16.1. The number of nitrogens with one attached hydrogen (secondary N) is 1. The molecule has 1 fully saturated rings. The number of hydrogen-bond acceptors (Lipinski definition) is 4. The lowest BCUT2D eigenvalue weighted by atomic mass is 9.96. The van der Waals surface area contributed by atoms with Crippen molar-refractivity contribution >= 4 is 15.9 Å². The van der Waals surface area contributed by atoms with Crippen molar-refractivity contribution < 1.29 is 13.2 Å². The number of carbonyl (C=O) groups excluding carboxylic acids is 1. The Balaban J connectivity index is 2.14. The minimum atomic E-state index is -3.54. The van der Waals surface area contributed by atoms with Crippen LogP contribution in [-0.2, 0) is 10.0 Å². The van der Waals surface area contributed by atoms with Crippen LogP contribution in [0.2, 0.25) is 0 Å². The van der Waals surface area contributed by atoms with Crippen molar-refractivity contribution in [3.63, 3.8) is 0 Å². The Bertz CT molecular complexity index is 684. The average molecular weight is 368 g/mol. The fourth-order valence-corrected chi connectivity index (χ4v) is 4.27. The van der Waals surface area contributed by atoms with Crippen molar-refractivity contribution in [2.24, 2.45) is 11.7 Å². The summed E-state index contributed by atoms with van der Waals surface area (Å²) in [7, 11) is -3.54. The van der Waals surface area contributed by atoms with Crippen molar-refractivity contribution in [2.45, 2.75) is 57.0 Å². The Labute approximate surface area is 150 Å². The summed E-state index contributed by atoms with van der Waals surface area (Å²) in [5.74, 6) is 0.144. The minimum Gasteiger partial charge on any atom is -0.334 e. The average Bonchev–Trinajstić information content (AvgIpc) is 2.59. The van der Waals surface area contributed by atoms with Crippen LogP contribution >= 0.6 is 0 Å². The Morgan fingerprint density at radius 3 is 2.44 bits per heavy atom. The van der Waals surface area contributed by atoms with Gasteiger partial charge >= 0.3 is 0 Å². The topological polar surface area (TPSA) is 92.5 Å². The molecule has 1 aromatic rings. The first-order valence-corrected chi connectivity index (χ1v) is 10.4. The standard InChI is InChI=1S/C18H29N3O3S/c1-13(2)12-20-25(23,24)16-9-7-15(8-10-16)18(22)21-11-5-4-6-17(21)14(3)19/h7-10,13-14,17,20H,4-6,11-12,19H2,1-3H3. The highest BCUT2D eigenvalue weighted by molar-refractivity contribution is 7.89. The van der Waals surface area contributed by atoms with Crippen LogP contribution in [0.1, 0.15) is 50.4 Å². The van der Waals surface area contributed by atoms with E-state index in [-0.39, 0.29) is 28.8 Å². The molecule has 140 valence electrons. The molecule has 25 heavy (non-hydrogen) atoms. The number of rotatable bonds is 6. The van der Waals surface area contributed by atoms with E-state index in [4.69, 9.17) is 5.73 Å². The van der Waals surface area contributed by atoms with Crippen LogP contribution in [-0.4, -0.2) is 44.4 Å². The maximum atomic E-state index is 12.8. The van der Waals surface area contributed by atoms with Crippen LogP contribution in [0.5, 0.6) is 0 Å². The van der Waals surface area contributed by atoms with Crippen molar-refractivity contribution in [3.05, 3.63) is 29.8 Å². The summed E-state index contributed by atoms with van der Waals surface area (Å²) in [5, 5.41) is 0. The number of amides is 1. The SMILES string of the molecule is CC(C)CNS(=O)(=O)c1ccc(C(=O)N2CCCCC2C(C)N)cc1. The molecule has 0 bridgehead atoms. The van der Waals surface area contributed by atoms with Gasteiger partial charge in [0.1, 0.15) is 0 Å². The third kappa shape index (κ3) is 5.03. The fraction of sp³-hybridized carbons (Fsp3) is 0.611. The maximum Gasteiger partial charge on any atom is 0.254 e. The summed E-state index contributed by atoms with van der Waals surface area (Å²) in [6, 6.07) is 6.10. The van der Waals surface area contributed by atoms with Gasteiger partial charge in [-0.1, -0.05) is 13.8 Å². The van der Waals surface area contributed by atoms with E-state index in [9.17, 15) is 13.2 Å². The zero-order chi connectivity index (χ0) is 18.6. The molecular formula is C18H29N3O3S. The molecule has 0 radical (unpaired) electrons. The van der Waals surface area contributed by atoms with Gasteiger partial charge in [-0.2, -0.15) is 0 Å². The van der Waals surface area contributed by atoms with E-state index in [0.717, 1.165) is 19.3 Å². The molecule has 0 aliphatic carbocycles. The number of sulfonamides is 1. The third-order valence-electron chi connectivity index (χ3n) is 4.51. The van der Waals surface area contributed by atoms with Gasteiger partial charge < -0.3 is 10.6 Å². The number of likely N-dealkylation sites (tertiary alicyclic amines) is 1. The van der Waals surface area contributed by atoms with Gasteiger partial charge in [-0.15, -0.1) is 0 Å². The molecule has 1 saturated heterocycles. The van der Waals surface area contributed by atoms with Crippen LogP contribution in [0.15, 0.2) is 29.2 Å². The first-order valence-electron chi connectivity index (χ1n) is 8.88. The fourth-order valence-electron chi connectivity index (χ4n) is 3.06. The highest BCUT2D eigenvalue weighted by Crippen LogP contribution is 2.22. The van der Waals surface area contributed by atoms with Gasteiger partial charge in [0.15, 0.2) is 0 Å². The molecule has 3 N–H and O–H groups in total. The number of nitrogens with zero attached hydrogens (tertiary/aromatic N) is 1. The molecule has 1 aliphatic rings. The van der Waals surface area contributed by atoms with Crippen LogP contribution in [0.25, 0.3) is 0 Å². The lowest BCUT2D eigenvalue weighted by molar-refractivity contribution is 0.0583. The van der Waals surface area contributed by atoms with Crippen molar-refractivity contribution in [1.82, 2.24) is 9.62 Å². The second-order valence-corrected chi connectivity index (χ2v) is 8.96. The van der Waals surface area contributed by atoms with Gasteiger partial charge in [0.2, 0.25) is 10.0 Å². The van der Waals surface area contributed by atoms with Crippen LogP contribution in [0.4, 0.5) is 0 Å². The Morgan fingerprint density at radius 1 is 1.24 bits per heavy atom. The van der Waals surface area contributed by atoms with Crippen molar-refractivity contribution in [1.29, 1.82) is 0 Å². The van der Waals surface area contributed by atoms with Crippen LogP contribution in [0.3, 0.4) is 0 Å². The molecule has 1 aliphatic heterocycles. The second kappa shape index (κ2) is 8.29. The predicted molar refractivity (Wildman–Crippen MR) is 98.8 cm³/mol. The molecule has 2 unspecified atom stereocenters. The third-order valence-corrected chi connectivity index (χ3v) is 5.95. The first kappa shape index (κ1) is 19.9. The second-order valence-electron chi connectivity index (χ2n) is 7.19. The van der Waals surface area contributed by atoms with E-state index < -0.39 is 10.0 Å². The monoisotopic (exact) mass is 367 g/mol. The molecular weight excluding hydrogens is 338 g/mol. The number of nitrogens with two attached hydrogens (primary N) is 1. The number of carbonyl (C=O) groups is 1. The molecule has 0 saturated carbocycles. The Kier molecular flexibility index (Phi) is 6.59. The lowest BCUT2D eigenvalue weighted by Gasteiger charge is -2.38. The summed E-state index contributed by atoms with van der Waals surface area (Å²) in [6.45, 7) is 6.88. The highest BCUT2D eigenvalue weighted by Gasteiger charge is 2.30. The van der Waals surface area contributed by atoms with Gasteiger partial charge in [0.05, 0.1) is 4.90 Å². The molecule has 7 heteroatoms. The van der Waals surface area contributed by atoms with Gasteiger partial charge in [-0.05, 0) is 56.4 Å². The molecule has 1 amide bonds. The lowest BCUT2D eigenvalue weighted by Crippen LogP contribution is -2.51. The quantitative estimate of drug-likeness (QED) is 0.804. The summed E-state index contributed by atoms with van der Waals surface area (Å²) in [6.07, 6.45) is 2.96. The normalized spacial score (nSPS) is 19.9. The minimum absolute atomic E-state index is 0.0392. The highest BCUT2D eigenvalue weighted by atomic mass is 32.2. The van der Waals surface area contributed by atoms with Gasteiger partial charge in [-0.3, -0.25) is 4.79 Å². The molecule has 6 nitrogen and oxygen atoms in total.